The third-order valence-electron chi connectivity index (χ3n) is 21.4. The van der Waals surface area contributed by atoms with Crippen LogP contribution in [0.2, 0.25) is 0 Å². The van der Waals surface area contributed by atoms with Gasteiger partial charge in [0.1, 0.15) is 0 Å². The van der Waals surface area contributed by atoms with Gasteiger partial charge in [0.05, 0.1) is 33.4 Å². The molecule has 0 unspecified atom stereocenters. The molecule has 13 aromatic rings. The van der Waals surface area contributed by atoms with Gasteiger partial charge in [0.25, 0.3) is 6.71 Å². The highest BCUT2D eigenvalue weighted by Gasteiger charge is 2.45. The van der Waals surface area contributed by atoms with Gasteiger partial charge in [-0.3, -0.25) is 0 Å². The van der Waals surface area contributed by atoms with E-state index in [-0.39, 0.29) is 39.2 Å². The zero-order valence-electron chi connectivity index (χ0n) is 65.2. The summed E-state index contributed by atoms with van der Waals surface area (Å²) in [6.45, 7) is 47.5. The lowest BCUT2D eigenvalue weighted by molar-refractivity contribution is 0.411. The van der Waals surface area contributed by atoms with E-state index in [2.05, 4.69) is 383 Å². The van der Waals surface area contributed by atoms with Gasteiger partial charge in [0, 0.05) is 69.5 Å². The van der Waals surface area contributed by atoms with Crippen molar-refractivity contribution in [3.8, 4) is 33.6 Å². The standard InChI is InChI=1S/C95H101BN4/c1-89(2,3)58-59-48-86-88-87(49-59)100(79-43-33-63(91(7,8)9)51-71(79)61-30-26-23-27-31-61)85-57-69(98-82-46-36-66(94(16,17)18)54-74(82)75-55-67(95(19,20)21)37-47-83(75)98)39-41-77(85)96(88)76-40-38-68(56-84(76)99(86)78-42-32-62(90(4,5)6)50-70(78)60-28-24-22-25-29-60)97-80-44-34-64(92(10,11)12)52-72(80)73-53-65(93(13,14)15)35-45-81(73)97/h22-57H,58H2,1-21H3/i58D2. The van der Waals surface area contributed by atoms with E-state index in [0.29, 0.717) is 5.56 Å². The van der Waals surface area contributed by atoms with Crippen LogP contribution in [0.25, 0.3) is 77.2 Å². The summed E-state index contributed by atoms with van der Waals surface area (Å²) in [6.07, 6.45) is -1.83. The molecule has 2 aliphatic heterocycles. The maximum atomic E-state index is 10.7. The van der Waals surface area contributed by atoms with Gasteiger partial charge >= 0.3 is 0 Å². The molecule has 2 aromatic heterocycles. The van der Waals surface area contributed by atoms with Crippen molar-refractivity contribution >= 4 is 101 Å². The highest BCUT2D eigenvalue weighted by molar-refractivity contribution is 7.00. The van der Waals surface area contributed by atoms with Crippen LogP contribution in [0.4, 0.5) is 34.1 Å². The minimum atomic E-state index is -1.83. The Morgan fingerprint density at radius 3 is 0.890 bits per heavy atom. The predicted octanol–water partition coefficient (Wildman–Crippen LogP) is 24.7. The molecule has 4 nitrogen and oxygen atoms in total. The van der Waals surface area contributed by atoms with Gasteiger partial charge in [-0.15, -0.1) is 0 Å². The minimum Gasteiger partial charge on any atom is -0.311 e. The van der Waals surface area contributed by atoms with Gasteiger partial charge in [-0.1, -0.05) is 255 Å². The molecule has 0 atom stereocenters. The summed E-state index contributed by atoms with van der Waals surface area (Å²) in [5, 5.41) is 4.95. The number of nitrogens with zero attached hydrogens (tertiary/aromatic N) is 4. The van der Waals surface area contributed by atoms with Crippen LogP contribution in [0.1, 0.15) is 187 Å². The van der Waals surface area contributed by atoms with Crippen LogP contribution >= 0.6 is 0 Å². The Bertz CT molecular complexity index is 5070. The van der Waals surface area contributed by atoms with Gasteiger partial charge in [0.2, 0.25) is 0 Å². The first-order chi connectivity index (χ1) is 47.8. The highest BCUT2D eigenvalue weighted by atomic mass is 15.2. The van der Waals surface area contributed by atoms with E-state index in [1.165, 1.54) is 65.9 Å². The number of fused-ring (bicyclic) bond motifs is 10. The molecule has 0 N–H and O–H groups in total. The molecule has 11 aromatic carbocycles. The van der Waals surface area contributed by atoms with E-state index in [0.717, 1.165) is 95.3 Å². The average Bonchev–Trinajstić information content (AvgIpc) is 0.777. The first-order valence-corrected chi connectivity index (χ1v) is 36.4. The number of aromatic nitrogens is 2. The topological polar surface area (TPSA) is 16.3 Å². The Morgan fingerprint density at radius 2 is 0.590 bits per heavy atom. The van der Waals surface area contributed by atoms with Crippen molar-refractivity contribution in [2.75, 3.05) is 9.80 Å². The summed E-state index contributed by atoms with van der Waals surface area (Å²) < 4.78 is 26.3. The number of rotatable bonds is 7. The zero-order chi connectivity index (χ0) is 72.7. The molecule has 0 bridgehead atoms. The van der Waals surface area contributed by atoms with Crippen LogP contribution in [-0.4, -0.2) is 15.8 Å². The minimum absolute atomic E-state index is 0.0648. The molecule has 0 fully saturated rings. The summed E-state index contributed by atoms with van der Waals surface area (Å²) in [6, 6.07) is 83.8. The third-order valence-corrected chi connectivity index (χ3v) is 21.4. The summed E-state index contributed by atoms with van der Waals surface area (Å²) in [5.41, 5.74) is 27.6. The fourth-order valence-electron chi connectivity index (χ4n) is 15.8. The molecular weight excluding hydrogens is 1210 g/mol. The summed E-state index contributed by atoms with van der Waals surface area (Å²) >= 11 is 0. The Balaban J connectivity index is 1.11. The van der Waals surface area contributed by atoms with Gasteiger partial charge < -0.3 is 18.9 Å². The van der Waals surface area contributed by atoms with Gasteiger partial charge in [-0.05, 0) is 220 Å². The SMILES string of the molecule is [2H]C([2H])(c1cc2c3c(c1)N(c1ccc(C(C)(C)C)cc1-c1ccccc1)c1cc(-n4c5ccc(C(C)(C)C)cc5c5cc(C(C)(C)C)ccc54)ccc1B3c1ccc(-n3c4ccc(C(C)(C)C)cc4c4cc(C(C)(C)C)ccc43)cc1N2c1ccc(C(C)(C)C)cc1-c1ccccc1)C(C)(C)C. The van der Waals surface area contributed by atoms with E-state index in [1.807, 2.05) is 0 Å². The van der Waals surface area contributed by atoms with Crippen LogP contribution in [-0.2, 0) is 38.9 Å². The smallest absolute Gasteiger partial charge is 0.252 e. The molecule has 4 heterocycles. The average molecular weight is 1310 g/mol. The fourth-order valence-corrected chi connectivity index (χ4v) is 15.8. The Morgan fingerprint density at radius 1 is 0.290 bits per heavy atom. The third kappa shape index (κ3) is 11.5. The summed E-state index contributed by atoms with van der Waals surface area (Å²) in [7, 11) is 0. The van der Waals surface area contributed by atoms with Crippen LogP contribution in [0.15, 0.2) is 218 Å². The molecule has 0 aliphatic carbocycles. The molecule has 0 spiro atoms. The summed E-state index contributed by atoms with van der Waals surface area (Å²) in [5.74, 6) is 0. The van der Waals surface area contributed by atoms with E-state index in [9.17, 15) is 2.74 Å². The van der Waals surface area contributed by atoms with Crippen molar-refractivity contribution in [1.29, 1.82) is 0 Å². The van der Waals surface area contributed by atoms with Crippen molar-refractivity contribution in [3.63, 3.8) is 0 Å². The Kier molecular flexibility index (Phi) is 14.8. The first-order valence-electron chi connectivity index (χ1n) is 37.4. The van der Waals surface area contributed by atoms with Crippen LogP contribution in [0.5, 0.6) is 0 Å². The lowest BCUT2D eigenvalue weighted by atomic mass is 9.33. The zero-order valence-corrected chi connectivity index (χ0v) is 63.2. The predicted molar refractivity (Wildman–Crippen MR) is 435 cm³/mol. The molecule has 0 radical (unpaired) electrons. The second-order valence-corrected chi connectivity index (χ2v) is 36.2. The quantitative estimate of drug-likeness (QED) is 0.148. The lowest BCUT2D eigenvalue weighted by Gasteiger charge is -2.45. The van der Waals surface area contributed by atoms with E-state index in [4.69, 9.17) is 0 Å². The molecule has 504 valence electrons. The summed E-state index contributed by atoms with van der Waals surface area (Å²) in [4.78, 5) is 5.09. The highest BCUT2D eigenvalue weighted by Crippen LogP contribution is 2.52. The second kappa shape index (κ2) is 23.1. The monoisotopic (exact) mass is 1310 g/mol. The molecular formula is C95H101BN4. The molecule has 5 heteroatoms. The number of anilines is 6. The van der Waals surface area contributed by atoms with Crippen LogP contribution in [0, 0.1) is 5.41 Å². The van der Waals surface area contributed by atoms with Crippen LogP contribution in [0.3, 0.4) is 0 Å². The van der Waals surface area contributed by atoms with Crippen LogP contribution < -0.4 is 26.2 Å². The van der Waals surface area contributed by atoms with Crippen molar-refractivity contribution in [2.24, 2.45) is 5.41 Å². The molecule has 100 heavy (non-hydrogen) atoms. The number of hydrogen-bond acceptors (Lipinski definition) is 2. The number of benzene rings is 11. The van der Waals surface area contributed by atoms with Gasteiger partial charge in [-0.2, -0.15) is 0 Å². The van der Waals surface area contributed by atoms with E-state index < -0.39 is 11.8 Å². The van der Waals surface area contributed by atoms with Crippen molar-refractivity contribution in [3.05, 3.63) is 257 Å². The normalized spacial score (nSPS) is 14.3. The van der Waals surface area contributed by atoms with Crippen molar-refractivity contribution in [2.45, 2.75) is 184 Å². The largest absolute Gasteiger partial charge is 0.311 e. The van der Waals surface area contributed by atoms with Gasteiger partial charge in [0.15, 0.2) is 0 Å². The maximum absolute atomic E-state index is 10.7. The first kappa shape index (κ1) is 64.1. The molecule has 0 amide bonds. The Hall–Kier alpha value is -9.32. The van der Waals surface area contributed by atoms with Crippen molar-refractivity contribution in [1.82, 2.24) is 9.13 Å². The van der Waals surface area contributed by atoms with Crippen molar-refractivity contribution < 1.29 is 2.74 Å². The molecule has 2 aliphatic rings. The molecule has 0 saturated carbocycles. The van der Waals surface area contributed by atoms with E-state index >= 15 is 0 Å². The maximum Gasteiger partial charge on any atom is 0.252 e. The Labute approximate surface area is 599 Å². The molecule has 0 saturated heterocycles. The lowest BCUT2D eigenvalue weighted by Crippen LogP contribution is -2.61. The van der Waals surface area contributed by atoms with E-state index in [1.54, 1.807) is 0 Å². The fraction of sp³-hybridized carbons (Fsp3) is 0.305. The number of hydrogen-bond donors (Lipinski definition) is 0. The molecule has 15 rings (SSSR count). The van der Waals surface area contributed by atoms with Gasteiger partial charge in [-0.25, -0.2) is 0 Å². The second-order valence-electron chi connectivity index (χ2n) is 36.2.